The van der Waals surface area contributed by atoms with E-state index in [-0.39, 0.29) is 36.8 Å². The Morgan fingerprint density at radius 1 is 0.867 bits per heavy atom. The fraction of sp³-hybridized carbons (Fsp3) is 0.318. The van der Waals surface area contributed by atoms with Gasteiger partial charge in [0.15, 0.2) is 5.78 Å². The van der Waals surface area contributed by atoms with Crippen LogP contribution >= 0.6 is 0 Å². The molecule has 0 saturated heterocycles. The summed E-state index contributed by atoms with van der Waals surface area (Å²) in [7, 11) is 0. The van der Waals surface area contributed by atoms with Crippen LogP contribution in [-0.4, -0.2) is 35.1 Å². The largest absolute Gasteiger partial charge is 0.481 e. The van der Waals surface area contributed by atoms with Crippen molar-refractivity contribution >= 4 is 17.8 Å². The van der Waals surface area contributed by atoms with E-state index in [9.17, 15) is 23.2 Å². The van der Waals surface area contributed by atoms with Crippen molar-refractivity contribution in [3.63, 3.8) is 0 Å². The Bertz CT molecular complexity index is 843. The quantitative estimate of drug-likeness (QED) is 0.738. The van der Waals surface area contributed by atoms with Gasteiger partial charge in [-0.2, -0.15) is 0 Å². The van der Waals surface area contributed by atoms with Crippen molar-refractivity contribution in [3.05, 3.63) is 71.3 Å². The first-order valence-electron chi connectivity index (χ1n) is 9.14. The highest BCUT2D eigenvalue weighted by atomic mass is 19.1. The lowest BCUT2D eigenvalue weighted by atomic mass is 10.1. The van der Waals surface area contributed by atoms with Crippen molar-refractivity contribution < 1.29 is 33.0 Å². The van der Waals surface area contributed by atoms with Crippen molar-refractivity contribution in [3.8, 4) is 0 Å². The number of nitrogens with one attached hydrogen (secondary N) is 1. The molecule has 0 bridgehead atoms. The highest BCUT2D eigenvalue weighted by Crippen LogP contribution is 2.07. The molecule has 0 aliphatic rings. The molecule has 0 radical (unpaired) electrons. The minimum atomic E-state index is -0.906. The first-order valence-corrected chi connectivity index (χ1v) is 9.14. The molecule has 6 nitrogen and oxygen atoms in total. The summed E-state index contributed by atoms with van der Waals surface area (Å²) in [6.45, 7) is 5.12. The number of ketones is 1. The SMILES string of the molecule is CC(C)(C)OC(=O)NCC(=O)Cc1ccc(F)cc1.O=C(O)Cc1ccc(F)cc1. The van der Waals surface area contributed by atoms with Gasteiger partial charge in [0.1, 0.15) is 17.2 Å². The van der Waals surface area contributed by atoms with Gasteiger partial charge in [-0.3, -0.25) is 9.59 Å². The molecule has 0 unspecified atom stereocenters. The van der Waals surface area contributed by atoms with Crippen LogP contribution in [0.15, 0.2) is 48.5 Å². The number of carboxylic acid groups (broad SMARTS) is 1. The molecule has 8 heteroatoms. The van der Waals surface area contributed by atoms with Gasteiger partial charge in [-0.1, -0.05) is 24.3 Å². The monoisotopic (exact) mass is 421 g/mol. The predicted octanol–water partition coefficient (Wildman–Crippen LogP) is 3.91. The topological polar surface area (TPSA) is 92.7 Å². The highest BCUT2D eigenvalue weighted by molar-refractivity contribution is 5.85. The fourth-order valence-electron chi connectivity index (χ4n) is 2.15. The number of aliphatic carboxylic acids is 1. The number of halogens is 2. The van der Waals surface area contributed by atoms with Gasteiger partial charge < -0.3 is 15.2 Å². The van der Waals surface area contributed by atoms with E-state index < -0.39 is 17.7 Å². The zero-order chi connectivity index (χ0) is 22.7. The Kier molecular flexibility index (Phi) is 9.61. The lowest BCUT2D eigenvalue weighted by Gasteiger charge is -2.19. The molecule has 0 fully saturated rings. The van der Waals surface area contributed by atoms with E-state index in [0.29, 0.717) is 11.1 Å². The summed E-state index contributed by atoms with van der Waals surface area (Å²) in [6, 6.07) is 11.1. The summed E-state index contributed by atoms with van der Waals surface area (Å²) in [5, 5.41) is 10.7. The average molecular weight is 421 g/mol. The van der Waals surface area contributed by atoms with Crippen molar-refractivity contribution in [2.45, 2.75) is 39.2 Å². The maximum Gasteiger partial charge on any atom is 0.408 e. The van der Waals surface area contributed by atoms with Crippen LogP contribution < -0.4 is 5.32 Å². The van der Waals surface area contributed by atoms with E-state index in [1.54, 1.807) is 32.9 Å². The lowest BCUT2D eigenvalue weighted by molar-refractivity contribution is -0.136. The Hall–Kier alpha value is -3.29. The number of carbonyl (C=O) groups is 3. The second-order valence-corrected chi connectivity index (χ2v) is 7.39. The minimum Gasteiger partial charge on any atom is -0.481 e. The summed E-state index contributed by atoms with van der Waals surface area (Å²) in [6.07, 6.45) is -0.531. The zero-order valence-corrected chi connectivity index (χ0v) is 17.1. The third kappa shape index (κ3) is 11.5. The number of hydrogen-bond acceptors (Lipinski definition) is 4. The van der Waals surface area contributed by atoms with E-state index in [2.05, 4.69) is 5.32 Å². The summed E-state index contributed by atoms with van der Waals surface area (Å²) in [5.74, 6) is -1.77. The molecule has 2 aromatic rings. The molecule has 0 saturated carbocycles. The number of rotatable bonds is 6. The molecule has 2 aromatic carbocycles. The molecule has 0 heterocycles. The third-order valence-electron chi connectivity index (χ3n) is 3.41. The van der Waals surface area contributed by atoms with Crippen molar-refractivity contribution in [1.82, 2.24) is 5.32 Å². The van der Waals surface area contributed by atoms with Gasteiger partial charge in [-0.15, -0.1) is 0 Å². The van der Waals surface area contributed by atoms with Crippen LogP contribution in [0.5, 0.6) is 0 Å². The number of amides is 1. The lowest BCUT2D eigenvalue weighted by Crippen LogP contribution is -2.35. The molecular formula is C22H25F2NO5. The first-order chi connectivity index (χ1) is 13.9. The van der Waals surface area contributed by atoms with Gasteiger partial charge in [0.05, 0.1) is 13.0 Å². The predicted molar refractivity (Wildman–Crippen MR) is 107 cm³/mol. The molecule has 0 aliphatic carbocycles. The normalized spacial score (nSPS) is 10.4. The molecular weight excluding hydrogens is 396 g/mol. The Morgan fingerprint density at radius 2 is 1.30 bits per heavy atom. The van der Waals surface area contributed by atoms with E-state index in [4.69, 9.17) is 9.84 Å². The van der Waals surface area contributed by atoms with E-state index in [1.807, 2.05) is 0 Å². The second kappa shape index (κ2) is 11.6. The fourth-order valence-corrected chi connectivity index (χ4v) is 2.15. The average Bonchev–Trinajstić information content (AvgIpc) is 2.63. The summed E-state index contributed by atoms with van der Waals surface area (Å²) in [5.41, 5.74) is 0.723. The van der Waals surface area contributed by atoms with Crippen LogP contribution in [0.2, 0.25) is 0 Å². The van der Waals surface area contributed by atoms with Crippen LogP contribution in [0, 0.1) is 11.6 Å². The molecule has 0 aliphatic heterocycles. The van der Waals surface area contributed by atoms with Gasteiger partial charge in [0.2, 0.25) is 0 Å². The number of Topliss-reactive ketones (excluding diaryl/α,β-unsaturated/α-hetero) is 1. The number of carbonyl (C=O) groups excluding carboxylic acids is 2. The summed E-state index contributed by atoms with van der Waals surface area (Å²) >= 11 is 0. The van der Waals surface area contributed by atoms with Gasteiger partial charge in [0, 0.05) is 6.42 Å². The van der Waals surface area contributed by atoms with Gasteiger partial charge >= 0.3 is 12.1 Å². The zero-order valence-electron chi connectivity index (χ0n) is 17.1. The van der Waals surface area contributed by atoms with Gasteiger partial charge in [-0.25, -0.2) is 13.6 Å². The van der Waals surface area contributed by atoms with E-state index >= 15 is 0 Å². The number of benzene rings is 2. The maximum absolute atomic E-state index is 12.7. The standard InChI is InChI=1S/C14H18FNO3.C8H7FO2/c1-14(2,3)19-13(18)16-9-12(17)8-10-4-6-11(15)7-5-10;9-7-3-1-6(2-4-7)5-8(10)11/h4-7H,8-9H2,1-3H3,(H,16,18);1-4H,5H2,(H,10,11). The smallest absolute Gasteiger partial charge is 0.408 e. The van der Waals surface area contributed by atoms with Crippen molar-refractivity contribution in [2.24, 2.45) is 0 Å². The molecule has 0 aromatic heterocycles. The second-order valence-electron chi connectivity index (χ2n) is 7.39. The first kappa shape index (κ1) is 24.7. The maximum atomic E-state index is 12.7. The van der Waals surface area contributed by atoms with Crippen LogP contribution in [0.25, 0.3) is 0 Å². The van der Waals surface area contributed by atoms with Crippen molar-refractivity contribution in [2.75, 3.05) is 6.54 Å². The summed E-state index contributed by atoms with van der Waals surface area (Å²) < 4.78 is 30.0. The molecule has 0 spiro atoms. The number of ether oxygens (including phenoxy) is 1. The molecule has 162 valence electrons. The molecule has 2 N–H and O–H groups in total. The molecule has 0 atom stereocenters. The minimum absolute atomic E-state index is 0.0553. The van der Waals surface area contributed by atoms with Crippen LogP contribution in [0.3, 0.4) is 0 Å². The third-order valence-corrected chi connectivity index (χ3v) is 3.41. The highest BCUT2D eigenvalue weighted by Gasteiger charge is 2.16. The Balaban J connectivity index is 0.000000346. The number of hydrogen-bond donors (Lipinski definition) is 2. The number of carboxylic acids is 1. The van der Waals surface area contributed by atoms with Crippen LogP contribution in [0.1, 0.15) is 31.9 Å². The van der Waals surface area contributed by atoms with E-state index in [0.717, 1.165) is 0 Å². The molecule has 30 heavy (non-hydrogen) atoms. The van der Waals surface area contributed by atoms with Crippen LogP contribution in [-0.2, 0) is 27.2 Å². The molecule has 1 amide bonds. The number of alkyl carbamates (subject to hydrolysis) is 1. The molecule has 2 rings (SSSR count). The van der Waals surface area contributed by atoms with Crippen molar-refractivity contribution in [1.29, 1.82) is 0 Å². The van der Waals surface area contributed by atoms with Crippen LogP contribution in [0.4, 0.5) is 13.6 Å². The van der Waals surface area contributed by atoms with E-state index in [1.165, 1.54) is 36.4 Å². The summed E-state index contributed by atoms with van der Waals surface area (Å²) in [4.78, 5) is 33.1. The Morgan fingerprint density at radius 3 is 1.70 bits per heavy atom. The van der Waals surface area contributed by atoms with Gasteiger partial charge in [-0.05, 0) is 56.2 Å². The Labute approximate surface area is 173 Å². The van der Waals surface area contributed by atoms with Gasteiger partial charge in [0.25, 0.3) is 0 Å².